The first-order chi connectivity index (χ1) is 10.1. The lowest BCUT2D eigenvalue weighted by Gasteiger charge is -2.35. The van der Waals surface area contributed by atoms with Gasteiger partial charge in [-0.1, -0.05) is 6.92 Å². The summed E-state index contributed by atoms with van der Waals surface area (Å²) >= 11 is 0. The first kappa shape index (κ1) is 14.8. The summed E-state index contributed by atoms with van der Waals surface area (Å²) in [5, 5.41) is 3.47. The van der Waals surface area contributed by atoms with Crippen molar-refractivity contribution in [3.63, 3.8) is 0 Å². The molecule has 0 unspecified atom stereocenters. The predicted molar refractivity (Wildman–Crippen MR) is 83.9 cm³/mol. The van der Waals surface area contributed by atoms with Crippen molar-refractivity contribution in [1.82, 2.24) is 10.3 Å². The van der Waals surface area contributed by atoms with Gasteiger partial charge in [0, 0.05) is 31.2 Å². The van der Waals surface area contributed by atoms with Gasteiger partial charge in [-0.15, -0.1) is 0 Å². The fraction of sp³-hybridized carbons (Fsp3) is 0.706. The second-order valence-corrected chi connectivity index (χ2v) is 6.82. The van der Waals surface area contributed by atoms with E-state index in [9.17, 15) is 4.39 Å². The van der Waals surface area contributed by atoms with E-state index in [1.165, 1.54) is 44.7 Å². The van der Waals surface area contributed by atoms with Crippen LogP contribution in [0.4, 0.5) is 10.2 Å². The Labute approximate surface area is 126 Å². The summed E-state index contributed by atoms with van der Waals surface area (Å²) in [5.41, 5.74) is 0.989. The third-order valence-electron chi connectivity index (χ3n) is 4.94. The van der Waals surface area contributed by atoms with Gasteiger partial charge < -0.3 is 10.2 Å². The SMILES string of the molecule is CC1CCC(N(C)c2ncc(F)cc2CNC2CC2)CC1. The summed E-state index contributed by atoms with van der Waals surface area (Å²) in [6.45, 7) is 3.05. The Morgan fingerprint density at radius 1 is 1.24 bits per heavy atom. The van der Waals surface area contributed by atoms with E-state index in [-0.39, 0.29) is 5.82 Å². The molecule has 2 saturated carbocycles. The lowest BCUT2D eigenvalue weighted by atomic mass is 9.86. The van der Waals surface area contributed by atoms with Gasteiger partial charge >= 0.3 is 0 Å². The quantitative estimate of drug-likeness (QED) is 0.900. The van der Waals surface area contributed by atoms with Crippen LogP contribution in [0.2, 0.25) is 0 Å². The van der Waals surface area contributed by atoms with Crippen LogP contribution in [0.15, 0.2) is 12.3 Å². The number of nitrogens with one attached hydrogen (secondary N) is 1. The highest BCUT2D eigenvalue weighted by Gasteiger charge is 2.25. The Bertz CT molecular complexity index is 479. The number of hydrogen-bond acceptors (Lipinski definition) is 3. The van der Waals surface area contributed by atoms with Gasteiger partial charge in [0.15, 0.2) is 0 Å². The van der Waals surface area contributed by atoms with Gasteiger partial charge in [-0.25, -0.2) is 9.37 Å². The number of nitrogens with zero attached hydrogens (tertiary/aromatic N) is 2. The van der Waals surface area contributed by atoms with Gasteiger partial charge in [-0.05, 0) is 50.5 Å². The first-order valence-corrected chi connectivity index (χ1v) is 8.24. The second-order valence-electron chi connectivity index (χ2n) is 6.82. The fourth-order valence-electron chi connectivity index (χ4n) is 3.27. The fourth-order valence-corrected chi connectivity index (χ4v) is 3.27. The van der Waals surface area contributed by atoms with E-state index in [0.717, 1.165) is 23.8 Å². The molecule has 0 saturated heterocycles. The number of pyridine rings is 1. The number of halogens is 1. The molecule has 2 aliphatic carbocycles. The van der Waals surface area contributed by atoms with Crippen molar-refractivity contribution < 1.29 is 4.39 Å². The Morgan fingerprint density at radius 3 is 2.62 bits per heavy atom. The standard InChI is InChI=1S/C17H26FN3/c1-12-3-7-16(8-4-12)21(2)17-13(9-14(18)11-20-17)10-19-15-5-6-15/h9,11-12,15-16,19H,3-8,10H2,1-2H3. The molecule has 0 aliphatic heterocycles. The highest BCUT2D eigenvalue weighted by Crippen LogP contribution is 2.30. The molecule has 0 aromatic carbocycles. The van der Waals surface area contributed by atoms with Gasteiger partial charge in [-0.3, -0.25) is 0 Å². The van der Waals surface area contributed by atoms with Crippen LogP contribution in [0, 0.1) is 11.7 Å². The van der Waals surface area contributed by atoms with Crippen LogP contribution in [0.1, 0.15) is 51.0 Å². The van der Waals surface area contributed by atoms with Crippen molar-refractivity contribution in [2.24, 2.45) is 5.92 Å². The molecule has 1 N–H and O–H groups in total. The minimum atomic E-state index is -0.239. The Hall–Kier alpha value is -1.16. The molecule has 1 aromatic heterocycles. The van der Waals surface area contributed by atoms with E-state index in [2.05, 4.69) is 29.2 Å². The van der Waals surface area contributed by atoms with Crippen LogP contribution in [0.25, 0.3) is 0 Å². The van der Waals surface area contributed by atoms with Crippen LogP contribution in [-0.2, 0) is 6.54 Å². The van der Waals surface area contributed by atoms with Gasteiger partial charge in [0.25, 0.3) is 0 Å². The molecule has 0 bridgehead atoms. The summed E-state index contributed by atoms with van der Waals surface area (Å²) in [4.78, 5) is 6.65. The number of hydrogen-bond donors (Lipinski definition) is 1. The van der Waals surface area contributed by atoms with Crippen LogP contribution < -0.4 is 10.2 Å². The molecule has 116 valence electrons. The Balaban J connectivity index is 1.72. The minimum absolute atomic E-state index is 0.239. The zero-order chi connectivity index (χ0) is 14.8. The molecule has 0 atom stereocenters. The zero-order valence-corrected chi connectivity index (χ0v) is 13.1. The van der Waals surface area contributed by atoms with E-state index < -0.39 is 0 Å². The van der Waals surface area contributed by atoms with Gasteiger partial charge in [0.05, 0.1) is 6.20 Å². The molecule has 0 spiro atoms. The first-order valence-electron chi connectivity index (χ1n) is 8.24. The Morgan fingerprint density at radius 2 is 1.95 bits per heavy atom. The third kappa shape index (κ3) is 3.73. The molecule has 3 nitrogen and oxygen atoms in total. The van der Waals surface area contributed by atoms with Crippen molar-refractivity contribution in [3.05, 3.63) is 23.6 Å². The maximum Gasteiger partial charge on any atom is 0.141 e. The van der Waals surface area contributed by atoms with E-state index in [4.69, 9.17) is 0 Å². The monoisotopic (exact) mass is 291 g/mol. The number of rotatable bonds is 5. The smallest absolute Gasteiger partial charge is 0.141 e. The van der Waals surface area contributed by atoms with Gasteiger partial charge in [0.2, 0.25) is 0 Å². The van der Waals surface area contributed by atoms with Gasteiger partial charge in [0.1, 0.15) is 11.6 Å². The molecule has 3 rings (SSSR count). The largest absolute Gasteiger partial charge is 0.356 e. The predicted octanol–water partition coefficient (Wildman–Crippen LogP) is 3.49. The molecule has 0 amide bonds. The van der Waals surface area contributed by atoms with Crippen molar-refractivity contribution in [3.8, 4) is 0 Å². The topological polar surface area (TPSA) is 28.2 Å². The van der Waals surface area contributed by atoms with Crippen LogP contribution in [0.5, 0.6) is 0 Å². The maximum absolute atomic E-state index is 13.5. The van der Waals surface area contributed by atoms with Crippen LogP contribution >= 0.6 is 0 Å². The average Bonchev–Trinajstić information content (AvgIpc) is 3.29. The summed E-state index contributed by atoms with van der Waals surface area (Å²) in [5.74, 6) is 1.55. The lowest BCUT2D eigenvalue weighted by molar-refractivity contribution is 0.339. The normalized spacial score (nSPS) is 25.9. The van der Waals surface area contributed by atoms with E-state index in [1.807, 2.05) is 0 Å². The molecule has 2 fully saturated rings. The Kier molecular flexibility index (Phi) is 4.43. The van der Waals surface area contributed by atoms with Crippen molar-refractivity contribution in [1.29, 1.82) is 0 Å². The molecule has 0 radical (unpaired) electrons. The summed E-state index contributed by atoms with van der Waals surface area (Å²) < 4.78 is 13.5. The molecule has 2 aliphatic rings. The molecule has 1 heterocycles. The lowest BCUT2D eigenvalue weighted by Crippen LogP contribution is -2.36. The molecular weight excluding hydrogens is 265 g/mol. The summed E-state index contributed by atoms with van der Waals surface area (Å²) in [7, 11) is 2.11. The highest BCUT2D eigenvalue weighted by atomic mass is 19.1. The molecule has 21 heavy (non-hydrogen) atoms. The molecule has 1 aromatic rings. The van der Waals surface area contributed by atoms with Crippen molar-refractivity contribution >= 4 is 5.82 Å². The summed E-state index contributed by atoms with van der Waals surface area (Å²) in [6, 6.07) is 2.81. The van der Waals surface area contributed by atoms with E-state index in [0.29, 0.717) is 12.1 Å². The van der Waals surface area contributed by atoms with Crippen molar-refractivity contribution in [2.75, 3.05) is 11.9 Å². The molecular formula is C17H26FN3. The number of anilines is 1. The highest BCUT2D eigenvalue weighted by molar-refractivity contribution is 5.47. The average molecular weight is 291 g/mol. The number of aromatic nitrogens is 1. The van der Waals surface area contributed by atoms with Crippen LogP contribution in [0.3, 0.4) is 0 Å². The van der Waals surface area contributed by atoms with E-state index in [1.54, 1.807) is 6.07 Å². The minimum Gasteiger partial charge on any atom is -0.356 e. The molecule has 4 heteroatoms. The van der Waals surface area contributed by atoms with Crippen LogP contribution in [-0.4, -0.2) is 24.1 Å². The van der Waals surface area contributed by atoms with Gasteiger partial charge in [-0.2, -0.15) is 0 Å². The second kappa shape index (κ2) is 6.30. The van der Waals surface area contributed by atoms with E-state index >= 15 is 0 Å². The zero-order valence-electron chi connectivity index (χ0n) is 13.1. The summed E-state index contributed by atoms with van der Waals surface area (Å²) in [6.07, 6.45) is 8.83. The third-order valence-corrected chi connectivity index (χ3v) is 4.94. The van der Waals surface area contributed by atoms with Crippen molar-refractivity contribution in [2.45, 2.75) is 64.1 Å². The maximum atomic E-state index is 13.5.